The van der Waals surface area contributed by atoms with Gasteiger partial charge in [0.15, 0.2) is 17.5 Å². The van der Waals surface area contributed by atoms with Crippen molar-refractivity contribution in [1.29, 1.82) is 0 Å². The van der Waals surface area contributed by atoms with Crippen LogP contribution in [0.1, 0.15) is 36.8 Å². The molecular weight excluding hydrogens is 366 g/mol. The van der Waals surface area contributed by atoms with Crippen LogP contribution in [0.15, 0.2) is 47.5 Å². The molecule has 0 atom stereocenters. The molecule has 1 fully saturated rings. The molecule has 3 N–H and O–H groups in total. The smallest absolute Gasteiger partial charge is 0.200 e. The van der Waals surface area contributed by atoms with Gasteiger partial charge in [0.1, 0.15) is 0 Å². The molecule has 1 aliphatic carbocycles. The van der Waals surface area contributed by atoms with Crippen LogP contribution in [0.5, 0.6) is 17.2 Å². The number of phenols is 1. The lowest BCUT2D eigenvalue weighted by Gasteiger charge is -2.30. The van der Waals surface area contributed by atoms with Crippen molar-refractivity contribution in [2.45, 2.75) is 37.6 Å². The average molecular weight is 398 g/mol. The molecule has 0 aromatic heterocycles. The number of methoxy groups -OCH3 is 2. The summed E-state index contributed by atoms with van der Waals surface area (Å²) in [4.78, 5) is 4.37. The number of nitrogens with zero attached hydrogens (tertiary/aromatic N) is 1. The summed E-state index contributed by atoms with van der Waals surface area (Å²) in [5, 5.41) is 16.9. The minimum absolute atomic E-state index is 0.00675. The van der Waals surface area contributed by atoms with Crippen LogP contribution in [-0.2, 0) is 12.0 Å². The zero-order valence-electron chi connectivity index (χ0n) is 17.5. The van der Waals surface area contributed by atoms with Crippen molar-refractivity contribution >= 4 is 5.96 Å². The van der Waals surface area contributed by atoms with E-state index in [2.05, 4.69) is 46.0 Å². The highest BCUT2D eigenvalue weighted by atomic mass is 16.5. The van der Waals surface area contributed by atoms with Gasteiger partial charge in [0.25, 0.3) is 0 Å². The van der Waals surface area contributed by atoms with Crippen molar-refractivity contribution in [3.63, 3.8) is 0 Å². The van der Waals surface area contributed by atoms with Crippen LogP contribution in [0.25, 0.3) is 0 Å². The first-order valence-electron chi connectivity index (χ1n) is 10.1. The van der Waals surface area contributed by atoms with Crippen molar-refractivity contribution in [3.05, 3.63) is 53.6 Å². The highest BCUT2D eigenvalue weighted by Crippen LogP contribution is 2.40. The maximum atomic E-state index is 10.1. The number of nitrogens with one attached hydrogen (secondary N) is 2. The molecule has 0 heterocycles. The third kappa shape index (κ3) is 4.75. The number of rotatable bonds is 7. The number of ether oxygens (including phenoxy) is 2. The molecule has 2 aromatic carbocycles. The van der Waals surface area contributed by atoms with Gasteiger partial charge in [-0.1, -0.05) is 43.2 Å². The van der Waals surface area contributed by atoms with Gasteiger partial charge in [-0.2, -0.15) is 0 Å². The van der Waals surface area contributed by atoms with Gasteiger partial charge in [-0.05, 0) is 36.1 Å². The van der Waals surface area contributed by atoms with Crippen molar-refractivity contribution in [2.24, 2.45) is 4.99 Å². The number of guanidine groups is 1. The lowest BCUT2D eigenvalue weighted by molar-refractivity contribution is 0.339. The first-order valence-corrected chi connectivity index (χ1v) is 10.1. The fourth-order valence-electron chi connectivity index (χ4n) is 4.12. The Morgan fingerprint density at radius 1 is 1.03 bits per heavy atom. The summed E-state index contributed by atoms with van der Waals surface area (Å²) in [5.41, 5.74) is 2.48. The number of aromatic hydroxyl groups is 1. The maximum Gasteiger partial charge on any atom is 0.200 e. The maximum absolute atomic E-state index is 10.1. The van der Waals surface area contributed by atoms with Gasteiger partial charge < -0.3 is 25.2 Å². The van der Waals surface area contributed by atoms with Gasteiger partial charge in [-0.3, -0.25) is 4.99 Å². The van der Waals surface area contributed by atoms with Gasteiger partial charge in [-0.25, -0.2) is 0 Å². The Morgan fingerprint density at radius 3 is 2.21 bits per heavy atom. The molecule has 0 bridgehead atoms. The molecule has 0 spiro atoms. The third-order valence-corrected chi connectivity index (χ3v) is 5.76. The van der Waals surface area contributed by atoms with E-state index in [1.54, 1.807) is 19.2 Å². The van der Waals surface area contributed by atoms with Crippen molar-refractivity contribution in [2.75, 3.05) is 27.8 Å². The third-order valence-electron chi connectivity index (χ3n) is 5.76. The van der Waals surface area contributed by atoms with Crippen LogP contribution in [0.3, 0.4) is 0 Å². The van der Waals surface area contributed by atoms with E-state index in [9.17, 15) is 5.11 Å². The van der Waals surface area contributed by atoms with Crippen LogP contribution in [0.2, 0.25) is 0 Å². The van der Waals surface area contributed by atoms with E-state index in [0.29, 0.717) is 18.0 Å². The monoisotopic (exact) mass is 397 g/mol. The first kappa shape index (κ1) is 20.8. The number of hydrogen-bond donors (Lipinski definition) is 3. The van der Waals surface area contributed by atoms with E-state index in [-0.39, 0.29) is 11.2 Å². The summed E-state index contributed by atoms with van der Waals surface area (Å²) < 4.78 is 10.5. The van der Waals surface area contributed by atoms with Crippen LogP contribution in [-0.4, -0.2) is 38.9 Å². The fraction of sp³-hybridized carbons (Fsp3) is 0.435. The standard InChI is InChI=1S/C23H31N3O3/c1-24-22(25-15-17-13-19(28-2)21(27)20(14-17)29-3)26-16-23(11-7-8-12-23)18-9-5-4-6-10-18/h4-6,9-10,13-14,27H,7-8,11-12,15-16H2,1-3H3,(H2,24,25,26). The lowest BCUT2D eigenvalue weighted by atomic mass is 9.79. The molecule has 1 saturated carbocycles. The normalized spacial score (nSPS) is 15.8. The lowest BCUT2D eigenvalue weighted by Crippen LogP contribution is -2.44. The largest absolute Gasteiger partial charge is 0.502 e. The van der Waals surface area contributed by atoms with E-state index >= 15 is 0 Å². The zero-order valence-corrected chi connectivity index (χ0v) is 17.5. The van der Waals surface area contributed by atoms with Crippen LogP contribution < -0.4 is 20.1 Å². The van der Waals surface area contributed by atoms with Crippen molar-refractivity contribution < 1.29 is 14.6 Å². The Bertz CT molecular complexity index is 806. The summed E-state index contributed by atoms with van der Waals surface area (Å²) in [6.45, 7) is 1.38. The second-order valence-corrected chi connectivity index (χ2v) is 7.48. The molecule has 0 aliphatic heterocycles. The molecule has 0 saturated heterocycles. The van der Waals surface area contributed by atoms with Crippen molar-refractivity contribution in [1.82, 2.24) is 10.6 Å². The van der Waals surface area contributed by atoms with E-state index in [1.165, 1.54) is 45.5 Å². The minimum Gasteiger partial charge on any atom is -0.502 e. The molecule has 1 aliphatic rings. The number of phenolic OH excluding ortho intramolecular Hbond substituents is 1. The van der Waals surface area contributed by atoms with E-state index in [0.717, 1.165) is 18.1 Å². The Hall–Kier alpha value is -2.89. The second kappa shape index (κ2) is 9.54. The molecule has 156 valence electrons. The van der Waals surface area contributed by atoms with Gasteiger partial charge in [0.05, 0.1) is 14.2 Å². The summed E-state index contributed by atoms with van der Waals surface area (Å²) in [6, 6.07) is 14.4. The molecule has 0 unspecified atom stereocenters. The summed E-state index contributed by atoms with van der Waals surface area (Å²) in [7, 11) is 4.82. The molecule has 2 aromatic rings. The quantitative estimate of drug-likeness (QED) is 0.492. The van der Waals surface area contributed by atoms with Gasteiger partial charge in [0.2, 0.25) is 5.75 Å². The van der Waals surface area contributed by atoms with E-state index in [4.69, 9.17) is 9.47 Å². The summed E-state index contributed by atoms with van der Waals surface area (Å²) >= 11 is 0. The number of hydrogen-bond acceptors (Lipinski definition) is 4. The topological polar surface area (TPSA) is 75.1 Å². The average Bonchev–Trinajstić information content (AvgIpc) is 3.25. The Balaban J connectivity index is 1.66. The van der Waals surface area contributed by atoms with Gasteiger partial charge in [0, 0.05) is 25.6 Å². The Morgan fingerprint density at radius 2 is 1.66 bits per heavy atom. The highest BCUT2D eigenvalue weighted by molar-refractivity contribution is 5.79. The molecule has 0 amide bonds. The fourth-order valence-corrected chi connectivity index (χ4v) is 4.12. The Kier molecular flexibility index (Phi) is 6.86. The Labute approximate surface area is 173 Å². The SMILES string of the molecule is CN=C(NCc1cc(OC)c(O)c(OC)c1)NCC1(c2ccccc2)CCCC1. The molecular formula is C23H31N3O3. The minimum atomic E-state index is 0.00675. The van der Waals surface area contributed by atoms with Crippen LogP contribution >= 0.6 is 0 Å². The van der Waals surface area contributed by atoms with E-state index in [1.807, 2.05) is 0 Å². The molecule has 6 heteroatoms. The van der Waals surface area contributed by atoms with Crippen LogP contribution in [0.4, 0.5) is 0 Å². The van der Waals surface area contributed by atoms with Crippen LogP contribution in [0, 0.1) is 0 Å². The molecule has 29 heavy (non-hydrogen) atoms. The summed E-state index contributed by atoms with van der Waals surface area (Å²) in [6.07, 6.45) is 4.89. The van der Waals surface area contributed by atoms with E-state index < -0.39 is 0 Å². The molecule has 0 radical (unpaired) electrons. The second-order valence-electron chi connectivity index (χ2n) is 7.48. The molecule has 6 nitrogen and oxygen atoms in total. The zero-order chi connectivity index (χ0) is 20.7. The number of aliphatic imine (C=N–C) groups is 1. The summed E-state index contributed by atoms with van der Waals surface area (Å²) in [5.74, 6) is 1.53. The van der Waals surface area contributed by atoms with Crippen molar-refractivity contribution in [3.8, 4) is 17.2 Å². The van der Waals surface area contributed by atoms with Gasteiger partial charge in [-0.15, -0.1) is 0 Å². The van der Waals surface area contributed by atoms with Gasteiger partial charge >= 0.3 is 0 Å². The highest BCUT2D eigenvalue weighted by Gasteiger charge is 2.35. The first-order chi connectivity index (χ1) is 14.1. The predicted octanol–water partition coefficient (Wildman–Crippen LogP) is 3.59. The number of benzene rings is 2. The molecule has 3 rings (SSSR count). The predicted molar refractivity (Wildman–Crippen MR) is 116 cm³/mol.